The van der Waals surface area contributed by atoms with E-state index < -0.39 is 408 Å². The lowest BCUT2D eigenvalue weighted by Gasteiger charge is -2.51. The Bertz CT molecular complexity index is 3520. The molecule has 0 aliphatic carbocycles. The highest BCUT2D eigenvalue weighted by molar-refractivity contribution is 5.74. The van der Waals surface area contributed by atoms with Crippen LogP contribution in [-0.2, 0) is 119 Å². The monoisotopic (exact) mass is 1890 g/mol. The third-order valence-corrected chi connectivity index (χ3v) is 24.0. The molecule has 56 nitrogen and oxygen atoms in total. The van der Waals surface area contributed by atoms with Crippen LogP contribution in [0.2, 0.25) is 0 Å². The molecule has 0 bridgehead atoms. The minimum absolute atomic E-state index is 0.192. The molecule has 0 aromatic rings. The van der Waals surface area contributed by atoms with Crippen molar-refractivity contribution in [1.29, 1.82) is 0 Å². The highest BCUT2D eigenvalue weighted by atomic mass is 16.9. The quantitative estimate of drug-likeness (QED) is 0.0205. The normalized spacial score (nSPS) is 48.1. The van der Waals surface area contributed by atoms with Crippen LogP contribution in [0.1, 0.15) is 48.0 Å². The van der Waals surface area contributed by atoms with E-state index in [1.165, 1.54) is 13.8 Å². The SMILES string of the molecule is CC(=O)NC1C(O)[C@H](O[C@@H]2OC(CO[C@]3(OC=O)CC(O)[C@@H](C)C([C@@H](O)C(O)CO)O3)[C@H](O)[C@H](O)C2O)C(CO)O[C@H]1OC1[C@@H](OCC2O[C@@H](O[C@@H]3C(CO)O[C@@H](O[C@@H]4C(CO)O[C@@H](C)C(NC(C)=O)[C@H]4O)C(NC(C)=O)[C@H]3O)C(O)[C@@H](O[C@H]3O[C@H](CO)C(O)C(O)C3O[C@@H]3OC(CO)[C@@H](O[C@@H]4OC(CO)[C@H](O)[C@H](O)C4O)[C@H](O)C3NC(C)=O)[C@@H]2O)OC(CO)[C@@H](O)[C@@H]1O. The summed E-state index contributed by atoms with van der Waals surface area (Å²) < 4.78 is 119. The van der Waals surface area contributed by atoms with Crippen LogP contribution >= 0.6 is 0 Å². The highest BCUT2D eigenvalue weighted by Gasteiger charge is 2.62. The number of carbonyl (C=O) groups excluding carboxylic acids is 5. The van der Waals surface area contributed by atoms with E-state index in [0.29, 0.717) is 0 Å². The first-order chi connectivity index (χ1) is 61.0. The van der Waals surface area contributed by atoms with E-state index >= 15 is 0 Å². The molecule has 31 N–H and O–H groups in total. The van der Waals surface area contributed by atoms with Crippen molar-refractivity contribution in [1.82, 2.24) is 21.3 Å². The molecule has 51 atom stereocenters. The molecular weight excluding hydrogens is 1760 g/mol. The summed E-state index contributed by atoms with van der Waals surface area (Å²) >= 11 is 0. The van der Waals surface area contributed by atoms with Gasteiger partial charge in [-0.05, 0) is 6.92 Å². The summed E-state index contributed by atoms with van der Waals surface area (Å²) in [6, 6.07) is -7.13. The number of hydrogen-bond donors (Lipinski definition) is 31. The van der Waals surface area contributed by atoms with Crippen molar-refractivity contribution in [3.8, 4) is 0 Å². The van der Waals surface area contributed by atoms with E-state index in [2.05, 4.69) is 21.3 Å². The number of amides is 4. The molecule has 129 heavy (non-hydrogen) atoms. The van der Waals surface area contributed by atoms with Gasteiger partial charge in [0.25, 0.3) is 6.47 Å². The van der Waals surface area contributed by atoms with E-state index in [-0.39, 0.29) is 6.47 Å². The second-order valence-electron chi connectivity index (χ2n) is 33.0. The standard InChI is InChI=1S/C73H122N4O52/c1-19-25(91)7-73(112-18-86,129-57(19)40(93)26(92)8-78)111-17-35-44(97)51(104)55(108)69(121-35)124-60-32(14-84)118-66(38(48(60)101)76-23(5)89)127-63-52(105)42(95)28(10-80)115-71(63)110-16-34-45(98)62(56(109)70(120-34)125-61-33(15-85)117-65(37(47(61)100)75-22(4)88)122-58-30(12-82)113-20(2)36(46(58)99)74-21(3)87)126-72-64(53(106)43(96)29(11-81)116-72)128-67-39(77-24(6)90)49(102)59(31(13-83)119-67)123-68-54(107)50(103)41(94)27(9-79)114-68/h18-20,25-72,78-85,91-109H,7-17H2,1-6H3,(H,74,87)(H,75,88)(H,76,89)(H,77,90)/t19-,20+,25?,26?,27?,28?,29-,30?,31?,32?,33?,34?,35?,36?,37?,38?,39?,40+,41+,42-,43?,44+,45-,46-,47-,48?,49-,50+,51+,52+,53?,54?,55?,56?,57?,58-,59-,60-,61-,62+,63?,64?,65+,66+,67+,68+,69+,70+,71+,72-,73+/m1/s1. The Hall–Kier alpha value is -4.49. The highest BCUT2D eigenvalue weighted by Crippen LogP contribution is 2.43. The van der Waals surface area contributed by atoms with Crippen LogP contribution in [0.25, 0.3) is 0 Å². The van der Waals surface area contributed by atoms with Gasteiger partial charge >= 0.3 is 5.97 Å². The number of aliphatic hydroxyl groups excluding tert-OH is 27. The van der Waals surface area contributed by atoms with Crippen molar-refractivity contribution >= 4 is 30.1 Å². The van der Waals surface area contributed by atoms with Crippen LogP contribution < -0.4 is 21.3 Å². The van der Waals surface area contributed by atoms with Gasteiger partial charge in [0.05, 0.1) is 96.8 Å². The molecule has 10 heterocycles. The Morgan fingerprint density at radius 1 is 0.349 bits per heavy atom. The van der Waals surface area contributed by atoms with Gasteiger partial charge in [-0.25, -0.2) is 0 Å². The Morgan fingerprint density at radius 2 is 0.667 bits per heavy atom. The van der Waals surface area contributed by atoms with Crippen LogP contribution in [0, 0.1) is 5.92 Å². The van der Waals surface area contributed by atoms with Crippen LogP contribution in [0.3, 0.4) is 0 Å². The number of hydrogen-bond acceptors (Lipinski definition) is 52. The maximum atomic E-state index is 13.2. The maximum Gasteiger partial charge on any atom is 0.332 e. The van der Waals surface area contributed by atoms with Crippen molar-refractivity contribution in [2.24, 2.45) is 5.92 Å². The molecule has 0 aromatic heterocycles. The largest absolute Gasteiger partial charge is 0.410 e. The van der Waals surface area contributed by atoms with E-state index in [9.17, 15) is 162 Å². The molecule has 56 heteroatoms. The number of aliphatic hydroxyl groups is 27. The van der Waals surface area contributed by atoms with Gasteiger partial charge < -0.3 is 254 Å². The fraction of sp³-hybridized carbons (Fsp3) is 0.932. The number of ether oxygens (including phenoxy) is 20. The fourth-order valence-electron chi connectivity index (χ4n) is 16.9. The molecular formula is C73H122N4O52. The molecule has 10 rings (SSSR count). The smallest absolute Gasteiger partial charge is 0.332 e. The van der Waals surface area contributed by atoms with E-state index in [4.69, 9.17) is 94.7 Å². The zero-order chi connectivity index (χ0) is 95.1. The Labute approximate surface area is 732 Å². The topological polar surface area (TPSA) is 864 Å². The van der Waals surface area contributed by atoms with Crippen molar-refractivity contribution in [2.45, 2.75) is 354 Å². The van der Waals surface area contributed by atoms with Crippen LogP contribution in [-0.4, -0.2) is 540 Å². The summed E-state index contributed by atoms with van der Waals surface area (Å²) in [7, 11) is 0. The minimum atomic E-state index is -2.66. The summed E-state index contributed by atoms with van der Waals surface area (Å²) in [6.45, 7) is -4.52. The summed E-state index contributed by atoms with van der Waals surface area (Å²) in [5, 5.41) is 312. The molecule has 746 valence electrons. The second kappa shape index (κ2) is 46.6. The van der Waals surface area contributed by atoms with Crippen molar-refractivity contribution in [2.75, 3.05) is 66.1 Å². The Kier molecular flexibility index (Phi) is 38.5. The molecule has 0 spiro atoms. The third-order valence-electron chi connectivity index (χ3n) is 24.0. The van der Waals surface area contributed by atoms with Gasteiger partial charge in [-0.3, -0.25) is 24.0 Å². The lowest BCUT2D eigenvalue weighted by atomic mass is 9.87. The van der Waals surface area contributed by atoms with Crippen molar-refractivity contribution < 1.29 is 257 Å². The van der Waals surface area contributed by atoms with Gasteiger partial charge in [-0.2, -0.15) is 0 Å². The molecule has 0 aromatic carbocycles. The van der Waals surface area contributed by atoms with Crippen molar-refractivity contribution in [3.63, 3.8) is 0 Å². The Morgan fingerprint density at radius 3 is 1.07 bits per heavy atom. The first-order valence-corrected chi connectivity index (χ1v) is 41.4. The second-order valence-corrected chi connectivity index (χ2v) is 33.0. The van der Waals surface area contributed by atoms with Crippen LogP contribution in [0.4, 0.5) is 0 Å². The molecule has 10 fully saturated rings. The molecule has 4 amide bonds. The van der Waals surface area contributed by atoms with Gasteiger partial charge in [0.2, 0.25) is 23.6 Å². The predicted octanol–water partition coefficient (Wildman–Crippen LogP) is -20.6. The predicted molar refractivity (Wildman–Crippen MR) is 399 cm³/mol. The Balaban J connectivity index is 0.954. The van der Waals surface area contributed by atoms with Gasteiger partial charge in [0, 0.05) is 33.6 Å². The van der Waals surface area contributed by atoms with Gasteiger partial charge in [0.15, 0.2) is 50.3 Å². The number of rotatable bonds is 36. The molecule has 10 aliphatic heterocycles. The van der Waals surface area contributed by atoms with Crippen LogP contribution in [0.15, 0.2) is 0 Å². The lowest BCUT2D eigenvalue weighted by molar-refractivity contribution is -0.424. The third kappa shape index (κ3) is 23.9. The summed E-state index contributed by atoms with van der Waals surface area (Å²) in [6.07, 6.45) is -93.9. The van der Waals surface area contributed by atoms with E-state index in [1.54, 1.807) is 0 Å². The molecule has 10 saturated heterocycles. The molecule has 10 aliphatic rings. The lowest BCUT2D eigenvalue weighted by Crippen LogP contribution is -2.71. The average Bonchev–Trinajstić information content (AvgIpc) is 0.804. The first kappa shape index (κ1) is 107. The maximum absolute atomic E-state index is 13.2. The molecule has 23 unspecified atom stereocenters. The number of nitrogens with one attached hydrogen (secondary N) is 4. The van der Waals surface area contributed by atoms with Crippen LogP contribution in [0.5, 0.6) is 0 Å². The van der Waals surface area contributed by atoms with Gasteiger partial charge in [-0.15, -0.1) is 0 Å². The average molecular weight is 1890 g/mol. The summed E-state index contributed by atoms with van der Waals surface area (Å²) in [4.78, 5) is 63.5. The summed E-state index contributed by atoms with van der Waals surface area (Å²) in [5.41, 5.74) is 0. The van der Waals surface area contributed by atoms with E-state index in [0.717, 1.165) is 27.7 Å². The minimum Gasteiger partial charge on any atom is -0.410 e. The molecule has 0 saturated carbocycles. The summed E-state index contributed by atoms with van der Waals surface area (Å²) in [5.74, 6) is -7.25. The van der Waals surface area contributed by atoms with Crippen molar-refractivity contribution in [3.05, 3.63) is 0 Å². The first-order valence-electron chi connectivity index (χ1n) is 41.4. The zero-order valence-electron chi connectivity index (χ0n) is 70.0. The molecule has 0 radical (unpaired) electrons. The van der Waals surface area contributed by atoms with E-state index in [1.807, 2.05) is 0 Å². The number of carbonyl (C=O) groups is 5. The fourth-order valence-corrected chi connectivity index (χ4v) is 16.9. The van der Waals surface area contributed by atoms with Gasteiger partial charge in [-0.1, -0.05) is 6.92 Å². The zero-order valence-corrected chi connectivity index (χ0v) is 70.0. The van der Waals surface area contributed by atoms with Gasteiger partial charge in [0.1, 0.15) is 226 Å².